The predicted octanol–water partition coefficient (Wildman–Crippen LogP) is 4.84. The van der Waals surface area contributed by atoms with E-state index in [2.05, 4.69) is 0 Å². The first kappa shape index (κ1) is 22.6. The van der Waals surface area contributed by atoms with Crippen molar-refractivity contribution in [2.75, 3.05) is 21.3 Å². The third-order valence-corrected chi connectivity index (χ3v) is 6.84. The molecule has 1 aliphatic carbocycles. The monoisotopic (exact) mass is 450 g/mol. The van der Waals surface area contributed by atoms with Crippen molar-refractivity contribution in [2.45, 2.75) is 40.0 Å². The maximum Gasteiger partial charge on any atom is 0.161 e. The Labute approximate surface area is 194 Å². The van der Waals surface area contributed by atoms with Crippen molar-refractivity contribution in [3.8, 4) is 34.5 Å². The van der Waals surface area contributed by atoms with Gasteiger partial charge in [-0.05, 0) is 72.4 Å². The highest BCUT2D eigenvalue weighted by molar-refractivity contribution is 5.65. The van der Waals surface area contributed by atoms with Crippen LogP contribution in [0.25, 0.3) is 0 Å². The summed E-state index contributed by atoms with van der Waals surface area (Å²) in [7, 11) is 4.59. The zero-order valence-electron chi connectivity index (χ0n) is 19.9. The molecule has 174 valence electrons. The number of hydrogen-bond donors (Lipinski definition) is 3. The highest BCUT2D eigenvalue weighted by atomic mass is 16.5. The molecule has 3 aromatic rings. The van der Waals surface area contributed by atoms with Gasteiger partial charge in [-0.15, -0.1) is 0 Å². The predicted molar refractivity (Wildman–Crippen MR) is 127 cm³/mol. The normalized spacial score (nSPS) is 12.5. The summed E-state index contributed by atoms with van der Waals surface area (Å²) in [5, 5.41) is 33.4. The molecule has 0 atom stereocenters. The van der Waals surface area contributed by atoms with E-state index in [-0.39, 0.29) is 17.2 Å². The van der Waals surface area contributed by atoms with Gasteiger partial charge in [0.05, 0.1) is 21.3 Å². The van der Waals surface area contributed by atoms with E-state index in [0.717, 1.165) is 33.4 Å². The van der Waals surface area contributed by atoms with Crippen LogP contribution in [0.3, 0.4) is 0 Å². The Hall–Kier alpha value is -3.54. The lowest BCUT2D eigenvalue weighted by Gasteiger charge is -2.20. The highest BCUT2D eigenvalue weighted by Gasteiger charge is 2.28. The topological polar surface area (TPSA) is 88.4 Å². The summed E-state index contributed by atoms with van der Waals surface area (Å²) >= 11 is 0. The van der Waals surface area contributed by atoms with Gasteiger partial charge < -0.3 is 29.5 Å². The Bertz CT molecular complexity index is 1100. The molecule has 0 aliphatic heterocycles. The van der Waals surface area contributed by atoms with Crippen molar-refractivity contribution in [1.29, 1.82) is 0 Å². The molecule has 3 N–H and O–H groups in total. The summed E-state index contributed by atoms with van der Waals surface area (Å²) < 4.78 is 16.3. The molecule has 0 aromatic heterocycles. The summed E-state index contributed by atoms with van der Waals surface area (Å²) in [6, 6.07) is 5.44. The molecule has 6 nitrogen and oxygen atoms in total. The van der Waals surface area contributed by atoms with Gasteiger partial charge in [0.2, 0.25) is 0 Å². The van der Waals surface area contributed by atoms with Gasteiger partial charge in [0.25, 0.3) is 0 Å². The number of ether oxygens (including phenoxy) is 3. The number of hydrogen-bond acceptors (Lipinski definition) is 6. The first-order valence-electron chi connectivity index (χ1n) is 10.9. The van der Waals surface area contributed by atoms with Gasteiger partial charge in [0.15, 0.2) is 34.5 Å². The van der Waals surface area contributed by atoms with Crippen LogP contribution in [0.5, 0.6) is 34.5 Å². The van der Waals surface area contributed by atoms with E-state index < -0.39 is 0 Å². The van der Waals surface area contributed by atoms with E-state index in [9.17, 15) is 15.3 Å². The van der Waals surface area contributed by atoms with Gasteiger partial charge in [0, 0.05) is 36.0 Å². The molecule has 0 bridgehead atoms. The first-order valence-corrected chi connectivity index (χ1v) is 10.9. The molecular weight excluding hydrogens is 420 g/mol. The SMILES string of the molecule is COc1cc(C)c2c(c1O)Cc1c(C)cc(OC)c(O)c1Cc1c(C)cc(OC)c(O)c1C2. The minimum absolute atomic E-state index is 0.0707. The average Bonchev–Trinajstić information content (AvgIpc) is 2.87. The lowest BCUT2D eigenvalue weighted by molar-refractivity contribution is 0.369. The van der Waals surface area contributed by atoms with E-state index in [0.29, 0.717) is 53.2 Å². The number of benzene rings is 3. The zero-order valence-corrected chi connectivity index (χ0v) is 19.9. The van der Waals surface area contributed by atoms with Crippen LogP contribution >= 0.6 is 0 Å². The van der Waals surface area contributed by atoms with Gasteiger partial charge in [-0.1, -0.05) is 0 Å². The molecule has 0 spiro atoms. The zero-order chi connectivity index (χ0) is 24.0. The summed E-state index contributed by atoms with van der Waals surface area (Å²) in [5.41, 5.74) is 7.74. The van der Waals surface area contributed by atoms with E-state index in [1.165, 1.54) is 21.3 Å². The standard InChI is InChI=1S/C27H30O6/c1-13-7-22(31-4)25(28)19-11-17-14(2)8-24(33-6)27(30)21(17)12-18-15(3)9-23(32-5)26(29)20(18)10-16(13)19/h7-9,28-30H,10-12H2,1-6H3. The Kier molecular flexibility index (Phi) is 5.78. The number of rotatable bonds is 3. The van der Waals surface area contributed by atoms with Crippen molar-refractivity contribution < 1.29 is 29.5 Å². The lowest BCUT2D eigenvalue weighted by atomic mass is 9.88. The molecule has 0 amide bonds. The Morgan fingerprint density at radius 1 is 0.485 bits per heavy atom. The van der Waals surface area contributed by atoms with Gasteiger partial charge >= 0.3 is 0 Å². The van der Waals surface area contributed by atoms with E-state index in [1.54, 1.807) is 0 Å². The third kappa shape index (κ3) is 3.59. The van der Waals surface area contributed by atoms with Crippen LogP contribution in [0.15, 0.2) is 18.2 Å². The fourth-order valence-corrected chi connectivity index (χ4v) is 4.95. The first-order chi connectivity index (χ1) is 15.7. The molecule has 0 saturated heterocycles. The van der Waals surface area contributed by atoms with Crippen molar-refractivity contribution >= 4 is 0 Å². The second-order valence-electron chi connectivity index (χ2n) is 8.63. The lowest BCUT2D eigenvalue weighted by Crippen LogP contribution is -2.04. The van der Waals surface area contributed by atoms with Crippen molar-refractivity contribution in [2.24, 2.45) is 0 Å². The number of aromatic hydroxyl groups is 3. The van der Waals surface area contributed by atoms with Crippen molar-refractivity contribution in [1.82, 2.24) is 0 Å². The molecule has 0 unspecified atom stereocenters. The van der Waals surface area contributed by atoms with Gasteiger partial charge in [0.1, 0.15) is 0 Å². The van der Waals surface area contributed by atoms with Crippen LogP contribution in [0.2, 0.25) is 0 Å². The van der Waals surface area contributed by atoms with Crippen LogP contribution in [0.4, 0.5) is 0 Å². The van der Waals surface area contributed by atoms with Crippen LogP contribution in [-0.4, -0.2) is 36.6 Å². The molecule has 3 aromatic carbocycles. The summed E-state index contributed by atoms with van der Waals surface area (Å²) in [5.74, 6) is 1.40. The maximum absolute atomic E-state index is 11.1. The molecule has 0 saturated carbocycles. The largest absolute Gasteiger partial charge is 0.504 e. The fourth-order valence-electron chi connectivity index (χ4n) is 4.95. The average molecular weight is 451 g/mol. The fraction of sp³-hybridized carbons (Fsp3) is 0.333. The number of methoxy groups -OCH3 is 3. The van der Waals surface area contributed by atoms with Gasteiger partial charge in [-0.25, -0.2) is 0 Å². The second-order valence-corrected chi connectivity index (χ2v) is 8.63. The minimum Gasteiger partial charge on any atom is -0.504 e. The van der Waals surface area contributed by atoms with E-state index >= 15 is 0 Å². The molecule has 4 rings (SSSR count). The van der Waals surface area contributed by atoms with Crippen LogP contribution in [0.1, 0.15) is 50.1 Å². The van der Waals surface area contributed by atoms with Crippen molar-refractivity contribution in [3.63, 3.8) is 0 Å². The Balaban J connectivity index is 2.15. The highest BCUT2D eigenvalue weighted by Crippen LogP contribution is 2.46. The second kappa shape index (κ2) is 8.43. The molecule has 1 aliphatic rings. The number of aryl methyl sites for hydroxylation is 3. The van der Waals surface area contributed by atoms with E-state index in [4.69, 9.17) is 14.2 Å². The maximum atomic E-state index is 11.1. The smallest absolute Gasteiger partial charge is 0.161 e. The molecular formula is C27H30O6. The number of fused-ring (bicyclic) bond motifs is 3. The van der Waals surface area contributed by atoms with E-state index in [1.807, 2.05) is 39.0 Å². The van der Waals surface area contributed by atoms with Crippen LogP contribution in [-0.2, 0) is 19.3 Å². The quantitative estimate of drug-likeness (QED) is 0.414. The van der Waals surface area contributed by atoms with Crippen LogP contribution < -0.4 is 14.2 Å². The third-order valence-electron chi connectivity index (χ3n) is 6.84. The van der Waals surface area contributed by atoms with Crippen LogP contribution in [0, 0.1) is 20.8 Å². The number of phenolic OH excluding ortho intramolecular Hbond substituents is 3. The molecule has 0 heterocycles. The minimum atomic E-state index is 0.0707. The molecule has 0 radical (unpaired) electrons. The Morgan fingerprint density at radius 3 is 0.939 bits per heavy atom. The number of phenols is 3. The van der Waals surface area contributed by atoms with Gasteiger partial charge in [-0.3, -0.25) is 0 Å². The Morgan fingerprint density at radius 2 is 0.727 bits per heavy atom. The van der Waals surface area contributed by atoms with Gasteiger partial charge in [-0.2, -0.15) is 0 Å². The summed E-state index contributed by atoms with van der Waals surface area (Å²) in [6.45, 7) is 5.92. The summed E-state index contributed by atoms with van der Waals surface area (Å²) in [6.07, 6.45) is 1.22. The molecule has 0 fully saturated rings. The van der Waals surface area contributed by atoms with Crippen molar-refractivity contribution in [3.05, 3.63) is 68.3 Å². The molecule has 6 heteroatoms. The summed E-state index contributed by atoms with van der Waals surface area (Å²) in [4.78, 5) is 0. The molecule has 33 heavy (non-hydrogen) atoms.